The van der Waals surface area contributed by atoms with Gasteiger partial charge in [-0.1, -0.05) is 17.7 Å². The van der Waals surface area contributed by atoms with Crippen LogP contribution >= 0.6 is 45.9 Å². The number of fused-ring (bicyclic) bond motifs is 1. The van der Waals surface area contributed by atoms with Crippen molar-refractivity contribution in [2.24, 2.45) is 4.99 Å². The number of nitrogens with one attached hydrogen (secondary N) is 2. The highest BCUT2D eigenvalue weighted by atomic mass is 35.5. The highest BCUT2D eigenvalue weighted by Crippen LogP contribution is 2.29. The summed E-state index contributed by atoms with van der Waals surface area (Å²) in [6, 6.07) is 0. The number of H-pyrrole nitrogens is 1. The Bertz CT molecular complexity index is 961. The van der Waals surface area contributed by atoms with E-state index < -0.39 is 0 Å². The minimum absolute atomic E-state index is 0.0560. The Hall–Kier alpha value is -1.41. The summed E-state index contributed by atoms with van der Waals surface area (Å²) in [5.74, 6) is 0. The summed E-state index contributed by atoms with van der Waals surface area (Å²) in [6.07, 6.45) is 6.52. The van der Waals surface area contributed by atoms with Gasteiger partial charge in [0.25, 0.3) is 0 Å². The summed E-state index contributed by atoms with van der Waals surface area (Å²) in [4.78, 5) is 17.3. The molecule has 0 saturated heterocycles. The molecule has 1 aliphatic heterocycles. The fourth-order valence-electron chi connectivity index (χ4n) is 2.52. The van der Waals surface area contributed by atoms with Gasteiger partial charge in [0.2, 0.25) is 0 Å². The van der Waals surface area contributed by atoms with Gasteiger partial charge in [-0.25, -0.2) is 9.97 Å². The topological polar surface area (TPSA) is 66.0 Å². The lowest BCUT2D eigenvalue weighted by Crippen LogP contribution is -2.32. The Labute approximate surface area is 156 Å². The molecule has 2 N–H and O–H groups in total. The Kier molecular flexibility index (Phi) is 4.58. The molecule has 3 aromatic heterocycles. The normalized spacial score (nSPS) is 16.3. The molecule has 0 radical (unpaired) electrons. The van der Waals surface area contributed by atoms with Gasteiger partial charge in [-0.2, -0.15) is 0 Å². The molecule has 0 bridgehead atoms. The van der Waals surface area contributed by atoms with E-state index in [1.165, 1.54) is 0 Å². The molecular weight excluding hydrogens is 385 g/mol. The third-order valence-electron chi connectivity index (χ3n) is 3.63. The molecular formula is C15H13Cl2N5S2. The zero-order valence-corrected chi connectivity index (χ0v) is 15.6. The van der Waals surface area contributed by atoms with Crippen LogP contribution in [0.4, 0.5) is 5.13 Å². The number of aromatic amines is 1. The highest BCUT2D eigenvalue weighted by molar-refractivity contribution is 7.16. The van der Waals surface area contributed by atoms with E-state index in [0.29, 0.717) is 24.7 Å². The molecule has 5 nitrogen and oxygen atoms in total. The minimum atomic E-state index is -0.0560. The second kappa shape index (κ2) is 6.84. The summed E-state index contributed by atoms with van der Waals surface area (Å²) in [6.45, 7) is 1.27. The van der Waals surface area contributed by atoms with Gasteiger partial charge in [0.1, 0.15) is 15.6 Å². The van der Waals surface area contributed by atoms with E-state index in [4.69, 9.17) is 23.2 Å². The minimum Gasteiger partial charge on any atom is -0.355 e. The molecule has 0 fully saturated rings. The maximum absolute atomic E-state index is 6.31. The molecule has 4 heterocycles. The Balaban J connectivity index is 1.54. The first kappa shape index (κ1) is 16.1. The van der Waals surface area contributed by atoms with Gasteiger partial charge in [0, 0.05) is 29.4 Å². The molecule has 124 valence electrons. The second-order valence-electron chi connectivity index (χ2n) is 5.29. The lowest BCUT2D eigenvalue weighted by atomic mass is 10.1. The van der Waals surface area contributed by atoms with Crippen LogP contribution in [0.3, 0.4) is 0 Å². The van der Waals surface area contributed by atoms with Crippen molar-refractivity contribution in [3.8, 4) is 0 Å². The highest BCUT2D eigenvalue weighted by Gasteiger charge is 2.14. The van der Waals surface area contributed by atoms with Crippen LogP contribution < -0.4 is 16.0 Å². The van der Waals surface area contributed by atoms with E-state index in [0.717, 1.165) is 31.3 Å². The van der Waals surface area contributed by atoms with Crippen molar-refractivity contribution in [2.75, 3.05) is 11.9 Å². The largest absolute Gasteiger partial charge is 0.355 e. The molecule has 1 atom stereocenters. The standard InChI is InChI=1S/C15H13Cl2N5S2/c16-9-4-10-8(5-19-14(10)20-6-9)3-11-13(17)22-15(24-11)21-7-12-18-1-2-23-12/h1-2,4-5,9H,3,6-7H2,(H,19,20)(H,21,22). The number of nitrogens with zero attached hydrogens (tertiary/aromatic N) is 3. The average Bonchev–Trinajstić information content (AvgIpc) is 3.28. The van der Waals surface area contributed by atoms with Crippen LogP contribution in [0.1, 0.15) is 15.4 Å². The number of aromatic nitrogens is 3. The van der Waals surface area contributed by atoms with E-state index in [1.54, 1.807) is 28.9 Å². The smallest absolute Gasteiger partial charge is 0.184 e. The van der Waals surface area contributed by atoms with Gasteiger partial charge in [-0.05, 0) is 5.56 Å². The van der Waals surface area contributed by atoms with Crippen LogP contribution in [0.2, 0.25) is 5.15 Å². The molecule has 9 heteroatoms. The van der Waals surface area contributed by atoms with E-state index in [1.807, 2.05) is 17.7 Å². The van der Waals surface area contributed by atoms with Crippen molar-refractivity contribution >= 4 is 57.1 Å². The van der Waals surface area contributed by atoms with Gasteiger partial charge < -0.3 is 10.3 Å². The van der Waals surface area contributed by atoms with E-state index in [9.17, 15) is 0 Å². The molecule has 0 aromatic carbocycles. The zero-order chi connectivity index (χ0) is 16.5. The molecule has 3 aromatic rings. The first-order chi connectivity index (χ1) is 11.7. The zero-order valence-electron chi connectivity index (χ0n) is 12.4. The van der Waals surface area contributed by atoms with Gasteiger partial charge in [-0.3, -0.25) is 4.99 Å². The van der Waals surface area contributed by atoms with Crippen molar-refractivity contribution < 1.29 is 0 Å². The van der Waals surface area contributed by atoms with Crippen LogP contribution in [0, 0.1) is 0 Å². The lowest BCUT2D eigenvalue weighted by Gasteiger charge is -2.03. The monoisotopic (exact) mass is 397 g/mol. The molecule has 1 aliphatic rings. The fraction of sp³-hybridized carbons (Fsp3) is 0.267. The average molecular weight is 398 g/mol. The first-order valence-electron chi connectivity index (χ1n) is 7.33. The van der Waals surface area contributed by atoms with Crippen molar-refractivity contribution in [3.63, 3.8) is 0 Å². The number of hydrogen-bond donors (Lipinski definition) is 2. The number of halogens is 2. The molecule has 24 heavy (non-hydrogen) atoms. The van der Waals surface area contributed by atoms with Crippen LogP contribution in [-0.4, -0.2) is 26.9 Å². The van der Waals surface area contributed by atoms with E-state index in [-0.39, 0.29) is 5.38 Å². The Morgan fingerprint density at radius 3 is 3.17 bits per heavy atom. The third-order valence-corrected chi connectivity index (χ3v) is 6.11. The third kappa shape index (κ3) is 3.35. The van der Waals surface area contributed by atoms with Crippen LogP contribution in [-0.2, 0) is 13.0 Å². The summed E-state index contributed by atoms with van der Waals surface area (Å²) >= 11 is 15.7. The summed E-state index contributed by atoms with van der Waals surface area (Å²) in [7, 11) is 0. The van der Waals surface area contributed by atoms with Crippen molar-refractivity contribution in [1.29, 1.82) is 0 Å². The number of anilines is 1. The summed E-state index contributed by atoms with van der Waals surface area (Å²) in [5.41, 5.74) is 2.03. The maximum atomic E-state index is 6.31. The maximum Gasteiger partial charge on any atom is 0.184 e. The molecule has 1 unspecified atom stereocenters. The lowest BCUT2D eigenvalue weighted by molar-refractivity contribution is 0.938. The summed E-state index contributed by atoms with van der Waals surface area (Å²) in [5, 5.41) is 8.60. The van der Waals surface area contributed by atoms with Crippen molar-refractivity contribution in [1.82, 2.24) is 15.0 Å². The van der Waals surface area contributed by atoms with Gasteiger partial charge in [-0.15, -0.1) is 34.3 Å². The first-order valence-corrected chi connectivity index (χ1v) is 9.84. The molecule has 0 aliphatic carbocycles. The van der Waals surface area contributed by atoms with Gasteiger partial charge in [0.05, 0.1) is 23.3 Å². The number of hydrogen-bond acceptors (Lipinski definition) is 6. The quantitative estimate of drug-likeness (QED) is 0.650. The van der Waals surface area contributed by atoms with Crippen molar-refractivity contribution in [3.05, 3.63) is 49.1 Å². The fourth-order valence-corrected chi connectivity index (χ4v) is 4.46. The molecule has 0 amide bonds. The number of alkyl halides is 1. The van der Waals surface area contributed by atoms with E-state index >= 15 is 0 Å². The predicted octanol–water partition coefficient (Wildman–Crippen LogP) is 2.81. The molecule has 0 saturated carbocycles. The molecule has 4 rings (SSSR count). The number of thiazole rings is 2. The SMILES string of the molecule is Clc1nc(NCc2nccs2)sc1Cc1c[nH]c2c1=CC(Cl)CN=2. The second-order valence-corrected chi connectivity index (χ2v) is 8.27. The predicted molar refractivity (Wildman–Crippen MR) is 99.9 cm³/mol. The Morgan fingerprint density at radius 1 is 1.42 bits per heavy atom. The van der Waals surface area contributed by atoms with Crippen LogP contribution in [0.25, 0.3) is 6.08 Å². The number of rotatable bonds is 5. The van der Waals surface area contributed by atoms with Crippen LogP contribution in [0.15, 0.2) is 22.8 Å². The van der Waals surface area contributed by atoms with Crippen molar-refractivity contribution in [2.45, 2.75) is 18.3 Å². The van der Waals surface area contributed by atoms with Crippen LogP contribution in [0.5, 0.6) is 0 Å². The van der Waals surface area contributed by atoms with E-state index in [2.05, 4.69) is 25.3 Å². The molecule has 0 spiro atoms. The van der Waals surface area contributed by atoms with Gasteiger partial charge >= 0.3 is 0 Å². The Morgan fingerprint density at radius 2 is 2.33 bits per heavy atom. The van der Waals surface area contributed by atoms with Gasteiger partial charge in [0.15, 0.2) is 5.13 Å². The summed E-state index contributed by atoms with van der Waals surface area (Å²) < 4.78 is 0.